The summed E-state index contributed by atoms with van der Waals surface area (Å²) < 4.78 is 0. The van der Waals surface area contributed by atoms with Crippen molar-refractivity contribution in [2.24, 2.45) is 0 Å². The number of para-hydroxylation sites is 1. The molecule has 0 aliphatic carbocycles. The smallest absolute Gasteiger partial charge is 0.282 e. The lowest BCUT2D eigenvalue weighted by Crippen LogP contribution is -2.50. The third-order valence-corrected chi connectivity index (χ3v) is 7.31. The van der Waals surface area contributed by atoms with Crippen molar-refractivity contribution in [3.63, 3.8) is 0 Å². The molecule has 0 radical (unpaired) electrons. The first-order chi connectivity index (χ1) is 9.53. The third kappa shape index (κ3) is 2.78. The molecule has 0 bridgehead atoms. The molecule has 1 amide bonds. The van der Waals surface area contributed by atoms with Crippen LogP contribution in [0, 0.1) is 0 Å². The van der Waals surface area contributed by atoms with E-state index in [2.05, 4.69) is 28.5 Å². The van der Waals surface area contributed by atoms with Crippen molar-refractivity contribution in [1.29, 1.82) is 0 Å². The lowest BCUT2D eigenvalue weighted by atomic mass is 10.2. The zero-order valence-electron chi connectivity index (χ0n) is 12.1. The standard InChI is InChI=1S/C15H21N3OSi/c1-20(2)9-7-18(8-10-20)17-15(19)14-11-12-5-3-4-6-13(12)16-14/h3-6,11,16H,7-10H2,1-2H3,(H,17,19)/q-1. The summed E-state index contributed by atoms with van der Waals surface area (Å²) in [5.74, 6) is -0.0393. The van der Waals surface area contributed by atoms with E-state index in [1.165, 1.54) is 12.1 Å². The number of hydrazine groups is 1. The Bertz CT molecular complexity index is 592. The lowest BCUT2D eigenvalue weighted by molar-refractivity contribution is 0.0793. The van der Waals surface area contributed by atoms with Crippen molar-refractivity contribution in [2.45, 2.75) is 25.2 Å². The van der Waals surface area contributed by atoms with Crippen LogP contribution in [0.25, 0.3) is 10.9 Å². The maximum absolute atomic E-state index is 12.3. The van der Waals surface area contributed by atoms with Gasteiger partial charge in [0.2, 0.25) is 0 Å². The van der Waals surface area contributed by atoms with Crippen LogP contribution in [0.15, 0.2) is 30.3 Å². The van der Waals surface area contributed by atoms with E-state index in [0.29, 0.717) is 5.69 Å². The van der Waals surface area contributed by atoms with E-state index < -0.39 is 8.07 Å². The molecule has 1 fully saturated rings. The van der Waals surface area contributed by atoms with Crippen LogP contribution in [0.3, 0.4) is 0 Å². The molecule has 0 spiro atoms. The van der Waals surface area contributed by atoms with Crippen molar-refractivity contribution < 1.29 is 4.79 Å². The number of H-pyrrole nitrogens is 1. The fourth-order valence-corrected chi connectivity index (χ4v) is 4.62. The minimum atomic E-state index is -0.990. The molecule has 1 aromatic heterocycles. The SMILES string of the molecule is C[Si-]1(C)CCN(NC(=O)c2cc3ccccc3[nH]2)CC1. The number of carbonyl (C=O) groups is 1. The molecule has 0 unspecified atom stereocenters. The molecule has 0 saturated carbocycles. The topological polar surface area (TPSA) is 48.1 Å². The summed E-state index contributed by atoms with van der Waals surface area (Å²) in [5, 5.41) is 3.14. The van der Waals surface area contributed by atoms with Gasteiger partial charge in [-0.1, -0.05) is 18.2 Å². The van der Waals surface area contributed by atoms with Crippen LogP contribution < -0.4 is 5.43 Å². The molecule has 2 heterocycles. The van der Waals surface area contributed by atoms with E-state index in [1.54, 1.807) is 0 Å². The minimum Gasteiger partial charge on any atom is -0.350 e. The number of hydrogen-bond donors (Lipinski definition) is 2. The molecular weight excluding hydrogens is 266 g/mol. The minimum absolute atomic E-state index is 0.0393. The fourth-order valence-electron chi connectivity index (χ4n) is 2.62. The highest BCUT2D eigenvalue weighted by atomic mass is 28.3. The van der Waals surface area contributed by atoms with Crippen LogP contribution in [0.4, 0.5) is 0 Å². The van der Waals surface area contributed by atoms with Gasteiger partial charge in [0.05, 0.1) is 0 Å². The summed E-state index contributed by atoms with van der Waals surface area (Å²) in [5.41, 5.74) is 4.66. The zero-order chi connectivity index (χ0) is 14.2. The van der Waals surface area contributed by atoms with Gasteiger partial charge in [-0.2, -0.15) is 13.1 Å². The Morgan fingerprint density at radius 3 is 2.65 bits per heavy atom. The quantitative estimate of drug-likeness (QED) is 0.834. The number of aromatic nitrogens is 1. The van der Waals surface area contributed by atoms with Crippen LogP contribution in [0.1, 0.15) is 10.5 Å². The summed E-state index contributed by atoms with van der Waals surface area (Å²) in [6, 6.07) is 12.4. The van der Waals surface area contributed by atoms with Gasteiger partial charge in [-0.3, -0.25) is 10.2 Å². The summed E-state index contributed by atoms with van der Waals surface area (Å²) in [6.45, 7) is 6.80. The molecule has 20 heavy (non-hydrogen) atoms. The molecule has 1 aliphatic heterocycles. The zero-order valence-corrected chi connectivity index (χ0v) is 13.1. The molecule has 3 rings (SSSR count). The van der Waals surface area contributed by atoms with Gasteiger partial charge in [0, 0.05) is 10.9 Å². The van der Waals surface area contributed by atoms with Crippen LogP contribution in [0.2, 0.25) is 25.2 Å². The molecule has 4 nitrogen and oxygen atoms in total. The molecule has 2 aromatic rings. The number of amides is 1. The Balaban J connectivity index is 1.67. The maximum Gasteiger partial charge on any atom is 0.282 e. The number of fused-ring (bicyclic) bond motifs is 1. The van der Waals surface area contributed by atoms with Crippen molar-refractivity contribution in [1.82, 2.24) is 15.4 Å². The number of benzene rings is 1. The second-order valence-corrected chi connectivity index (χ2v) is 11.7. The number of rotatable bonds is 2. The van der Waals surface area contributed by atoms with Gasteiger partial charge in [0.1, 0.15) is 5.69 Å². The largest absolute Gasteiger partial charge is 0.350 e. The first-order valence-electron chi connectivity index (χ1n) is 7.17. The van der Waals surface area contributed by atoms with E-state index in [4.69, 9.17) is 0 Å². The molecule has 2 N–H and O–H groups in total. The monoisotopic (exact) mass is 287 g/mol. The first kappa shape index (κ1) is 13.4. The van der Waals surface area contributed by atoms with Crippen molar-refractivity contribution in [3.8, 4) is 0 Å². The van der Waals surface area contributed by atoms with E-state index in [-0.39, 0.29) is 5.91 Å². The molecule has 107 valence electrons. The van der Waals surface area contributed by atoms with Crippen LogP contribution >= 0.6 is 0 Å². The Hall–Kier alpha value is -1.59. The highest BCUT2D eigenvalue weighted by molar-refractivity contribution is 6.77. The number of hydrogen-bond acceptors (Lipinski definition) is 2. The van der Waals surface area contributed by atoms with Crippen LogP contribution in [-0.2, 0) is 0 Å². The molecule has 0 atom stereocenters. The van der Waals surface area contributed by atoms with Gasteiger partial charge >= 0.3 is 0 Å². The highest BCUT2D eigenvalue weighted by Crippen LogP contribution is 2.21. The Kier molecular flexibility index (Phi) is 3.39. The second-order valence-electron chi connectivity index (χ2n) is 6.36. The predicted octanol–water partition coefficient (Wildman–Crippen LogP) is 2.84. The maximum atomic E-state index is 12.3. The molecule has 5 heteroatoms. The van der Waals surface area contributed by atoms with E-state index in [0.717, 1.165) is 24.0 Å². The first-order valence-corrected chi connectivity index (χ1v) is 10.6. The van der Waals surface area contributed by atoms with Gasteiger partial charge in [0.25, 0.3) is 5.91 Å². The van der Waals surface area contributed by atoms with Gasteiger partial charge in [-0.15, -0.1) is 20.2 Å². The van der Waals surface area contributed by atoms with Crippen molar-refractivity contribution in [3.05, 3.63) is 36.0 Å². The third-order valence-electron chi connectivity index (χ3n) is 4.15. The Morgan fingerprint density at radius 1 is 1.25 bits per heavy atom. The number of nitrogens with zero attached hydrogens (tertiary/aromatic N) is 1. The van der Waals surface area contributed by atoms with E-state index in [1.807, 2.05) is 30.3 Å². The van der Waals surface area contributed by atoms with Crippen molar-refractivity contribution >= 4 is 24.9 Å². The number of nitrogens with one attached hydrogen (secondary N) is 2. The van der Waals surface area contributed by atoms with E-state index in [9.17, 15) is 4.79 Å². The van der Waals surface area contributed by atoms with Crippen LogP contribution in [-0.4, -0.2) is 37.1 Å². The Labute approximate surface area is 120 Å². The molecule has 1 aromatic carbocycles. The molecule has 1 saturated heterocycles. The molecule has 1 aliphatic rings. The summed E-state index contributed by atoms with van der Waals surface area (Å²) in [4.78, 5) is 15.4. The van der Waals surface area contributed by atoms with E-state index >= 15 is 0 Å². The summed E-state index contributed by atoms with van der Waals surface area (Å²) >= 11 is 0. The van der Waals surface area contributed by atoms with Gasteiger partial charge in [-0.25, -0.2) is 5.01 Å². The predicted molar refractivity (Wildman–Crippen MR) is 84.4 cm³/mol. The fraction of sp³-hybridized carbons (Fsp3) is 0.400. The van der Waals surface area contributed by atoms with Gasteiger partial charge in [0.15, 0.2) is 0 Å². The summed E-state index contributed by atoms with van der Waals surface area (Å²) in [7, 11) is -0.990. The van der Waals surface area contributed by atoms with Gasteiger partial charge in [-0.05, 0) is 25.2 Å². The average Bonchev–Trinajstić information content (AvgIpc) is 2.85. The summed E-state index contributed by atoms with van der Waals surface area (Å²) in [6.07, 6.45) is 0. The van der Waals surface area contributed by atoms with Gasteiger partial charge < -0.3 is 4.98 Å². The average molecular weight is 287 g/mol. The highest BCUT2D eigenvalue weighted by Gasteiger charge is 2.20. The number of carbonyl (C=O) groups excluding carboxylic acids is 1. The van der Waals surface area contributed by atoms with Crippen molar-refractivity contribution in [2.75, 3.05) is 13.1 Å². The number of aromatic amines is 1. The molecular formula is C15H21N3OSi-. The van der Waals surface area contributed by atoms with Crippen LogP contribution in [0.5, 0.6) is 0 Å². The lowest BCUT2D eigenvalue weighted by Gasteiger charge is -2.43. The Morgan fingerprint density at radius 2 is 1.95 bits per heavy atom. The second kappa shape index (κ2) is 5.07. The normalized spacial score (nSPS) is 19.1.